The monoisotopic (exact) mass is 474 g/mol. The zero-order valence-electron chi connectivity index (χ0n) is 17.5. The molecule has 0 spiro atoms. The van der Waals surface area contributed by atoms with Gasteiger partial charge in [0.2, 0.25) is 0 Å². The summed E-state index contributed by atoms with van der Waals surface area (Å²) in [4.78, 5) is 12.7. The standard InChI is InChI=1S/C23H23ClN2O5S/c1-3-20(31-22-7-5-4-6-21(22)30-2)23(27)25-17-12-14-19(15-13-17)32(28,29)26-18-10-8-16(24)9-11-18/h4-15,20,26H,3H2,1-2H3,(H,25,27)/t20-/m1/s1. The number of methoxy groups -OCH3 is 1. The van der Waals surface area contributed by atoms with E-state index < -0.39 is 16.1 Å². The molecule has 7 nitrogen and oxygen atoms in total. The van der Waals surface area contributed by atoms with Gasteiger partial charge in [-0.25, -0.2) is 8.42 Å². The van der Waals surface area contributed by atoms with Gasteiger partial charge in [0, 0.05) is 16.4 Å². The molecule has 0 aromatic heterocycles. The van der Waals surface area contributed by atoms with Crippen molar-refractivity contribution in [1.29, 1.82) is 0 Å². The van der Waals surface area contributed by atoms with E-state index in [1.165, 1.54) is 31.4 Å². The number of benzene rings is 3. The summed E-state index contributed by atoms with van der Waals surface area (Å²) >= 11 is 5.83. The van der Waals surface area contributed by atoms with Gasteiger partial charge >= 0.3 is 0 Å². The average molecular weight is 475 g/mol. The van der Waals surface area contributed by atoms with Crippen molar-refractivity contribution >= 4 is 38.9 Å². The molecular formula is C23H23ClN2O5S. The van der Waals surface area contributed by atoms with Crippen molar-refractivity contribution in [2.45, 2.75) is 24.3 Å². The smallest absolute Gasteiger partial charge is 0.265 e. The van der Waals surface area contributed by atoms with E-state index in [2.05, 4.69) is 10.0 Å². The molecule has 0 aliphatic carbocycles. The summed E-state index contributed by atoms with van der Waals surface area (Å²) < 4.78 is 38.7. The molecule has 0 saturated heterocycles. The van der Waals surface area contributed by atoms with Gasteiger partial charge in [-0.15, -0.1) is 0 Å². The molecule has 0 radical (unpaired) electrons. The second-order valence-corrected chi connectivity index (χ2v) is 8.91. The van der Waals surface area contributed by atoms with Crippen LogP contribution in [0.4, 0.5) is 11.4 Å². The highest BCUT2D eigenvalue weighted by atomic mass is 35.5. The van der Waals surface area contributed by atoms with Crippen molar-refractivity contribution in [3.63, 3.8) is 0 Å². The Morgan fingerprint density at radius 2 is 1.53 bits per heavy atom. The van der Waals surface area contributed by atoms with E-state index in [0.717, 1.165) is 0 Å². The number of halogens is 1. The molecule has 32 heavy (non-hydrogen) atoms. The van der Waals surface area contributed by atoms with Gasteiger partial charge in [-0.3, -0.25) is 9.52 Å². The summed E-state index contributed by atoms with van der Waals surface area (Å²) in [6.45, 7) is 1.83. The van der Waals surface area contributed by atoms with Gasteiger partial charge in [0.1, 0.15) is 0 Å². The Morgan fingerprint density at radius 3 is 2.12 bits per heavy atom. The Kier molecular flexibility index (Phi) is 7.61. The van der Waals surface area contributed by atoms with Crippen LogP contribution in [0.25, 0.3) is 0 Å². The molecule has 3 aromatic carbocycles. The third kappa shape index (κ3) is 5.93. The van der Waals surface area contributed by atoms with E-state index in [9.17, 15) is 13.2 Å². The topological polar surface area (TPSA) is 93.7 Å². The number of anilines is 2. The van der Waals surface area contributed by atoms with Crippen molar-refractivity contribution in [2.75, 3.05) is 17.1 Å². The number of para-hydroxylation sites is 2. The van der Waals surface area contributed by atoms with Crippen molar-refractivity contribution in [3.05, 3.63) is 77.8 Å². The quantitative estimate of drug-likeness (QED) is 0.458. The Labute approximate surface area is 192 Å². The van der Waals surface area contributed by atoms with Crippen LogP contribution < -0.4 is 19.5 Å². The highest BCUT2D eigenvalue weighted by molar-refractivity contribution is 7.92. The summed E-state index contributed by atoms with van der Waals surface area (Å²) in [7, 11) is -2.26. The van der Waals surface area contributed by atoms with Gasteiger partial charge in [-0.05, 0) is 67.1 Å². The van der Waals surface area contributed by atoms with Crippen molar-refractivity contribution in [3.8, 4) is 11.5 Å². The number of carbonyl (C=O) groups is 1. The second kappa shape index (κ2) is 10.4. The van der Waals surface area contributed by atoms with Crippen LogP contribution in [0.15, 0.2) is 77.7 Å². The number of amides is 1. The van der Waals surface area contributed by atoms with Gasteiger partial charge in [0.15, 0.2) is 17.6 Å². The number of rotatable bonds is 9. The summed E-state index contributed by atoms with van der Waals surface area (Å²) in [6, 6.07) is 19.3. The Morgan fingerprint density at radius 1 is 0.938 bits per heavy atom. The van der Waals surface area contributed by atoms with E-state index in [1.807, 2.05) is 13.0 Å². The largest absolute Gasteiger partial charge is 0.493 e. The zero-order valence-corrected chi connectivity index (χ0v) is 19.1. The lowest BCUT2D eigenvalue weighted by Gasteiger charge is -2.19. The third-order valence-corrected chi connectivity index (χ3v) is 6.18. The molecule has 0 bridgehead atoms. The number of ether oxygens (including phenoxy) is 2. The first-order valence-corrected chi connectivity index (χ1v) is 11.7. The third-order valence-electron chi connectivity index (χ3n) is 4.53. The first-order valence-electron chi connectivity index (χ1n) is 9.81. The first-order chi connectivity index (χ1) is 15.3. The maximum atomic E-state index is 12.7. The number of hydrogen-bond acceptors (Lipinski definition) is 5. The van der Waals surface area contributed by atoms with E-state index in [-0.39, 0.29) is 10.8 Å². The molecule has 0 aliphatic heterocycles. The van der Waals surface area contributed by atoms with Crippen LogP contribution in [0.5, 0.6) is 11.5 Å². The summed E-state index contributed by atoms with van der Waals surface area (Å²) in [6.07, 6.45) is -0.317. The van der Waals surface area contributed by atoms with Crippen LogP contribution in [-0.2, 0) is 14.8 Å². The van der Waals surface area contributed by atoms with Gasteiger partial charge in [-0.2, -0.15) is 0 Å². The van der Waals surface area contributed by atoms with E-state index in [1.54, 1.807) is 42.5 Å². The number of hydrogen-bond donors (Lipinski definition) is 2. The van der Waals surface area contributed by atoms with Crippen molar-refractivity contribution in [2.24, 2.45) is 0 Å². The molecule has 0 fully saturated rings. The maximum absolute atomic E-state index is 12.7. The average Bonchev–Trinajstić information content (AvgIpc) is 2.79. The first kappa shape index (κ1) is 23.4. The van der Waals surface area contributed by atoms with Crippen LogP contribution in [0.1, 0.15) is 13.3 Å². The Bertz CT molecular complexity index is 1170. The molecule has 3 rings (SSSR count). The lowest BCUT2D eigenvalue weighted by atomic mass is 10.2. The summed E-state index contributed by atoms with van der Waals surface area (Å²) in [5.41, 5.74) is 0.841. The summed E-state index contributed by atoms with van der Waals surface area (Å²) in [5.74, 6) is 0.640. The van der Waals surface area contributed by atoms with E-state index in [4.69, 9.17) is 21.1 Å². The second-order valence-electron chi connectivity index (χ2n) is 6.79. The van der Waals surface area contributed by atoms with E-state index >= 15 is 0 Å². The van der Waals surface area contributed by atoms with Crippen LogP contribution >= 0.6 is 11.6 Å². The van der Waals surface area contributed by atoms with Gasteiger partial charge in [0.25, 0.3) is 15.9 Å². The minimum Gasteiger partial charge on any atom is -0.493 e. The molecule has 1 atom stereocenters. The summed E-state index contributed by atoms with van der Waals surface area (Å²) in [5, 5.41) is 3.26. The molecular weight excluding hydrogens is 452 g/mol. The normalized spacial score (nSPS) is 12.0. The Balaban J connectivity index is 1.67. The molecule has 0 unspecified atom stereocenters. The molecule has 2 N–H and O–H groups in total. The fourth-order valence-electron chi connectivity index (χ4n) is 2.86. The van der Waals surface area contributed by atoms with Crippen LogP contribution in [0, 0.1) is 0 Å². The molecule has 0 heterocycles. The van der Waals surface area contributed by atoms with Gasteiger partial charge < -0.3 is 14.8 Å². The molecule has 0 saturated carbocycles. The number of carbonyl (C=O) groups excluding carboxylic acids is 1. The predicted molar refractivity (Wildman–Crippen MR) is 125 cm³/mol. The lowest BCUT2D eigenvalue weighted by molar-refractivity contribution is -0.122. The fraction of sp³-hybridized carbons (Fsp3) is 0.174. The van der Waals surface area contributed by atoms with Crippen molar-refractivity contribution in [1.82, 2.24) is 0 Å². The van der Waals surface area contributed by atoms with Gasteiger partial charge in [-0.1, -0.05) is 30.7 Å². The van der Waals surface area contributed by atoms with Crippen LogP contribution in [-0.4, -0.2) is 27.5 Å². The molecule has 0 aliphatic rings. The fourth-order valence-corrected chi connectivity index (χ4v) is 4.05. The predicted octanol–water partition coefficient (Wildman–Crippen LogP) is 4.95. The van der Waals surface area contributed by atoms with Crippen molar-refractivity contribution < 1.29 is 22.7 Å². The van der Waals surface area contributed by atoms with Crippen LogP contribution in [0.2, 0.25) is 5.02 Å². The number of sulfonamides is 1. The number of nitrogens with one attached hydrogen (secondary N) is 2. The van der Waals surface area contributed by atoms with E-state index in [0.29, 0.717) is 34.3 Å². The van der Waals surface area contributed by atoms with Crippen LogP contribution in [0.3, 0.4) is 0 Å². The zero-order chi connectivity index (χ0) is 23.1. The minimum atomic E-state index is -3.79. The Hall–Kier alpha value is -3.23. The molecule has 9 heteroatoms. The highest BCUT2D eigenvalue weighted by Crippen LogP contribution is 2.28. The highest BCUT2D eigenvalue weighted by Gasteiger charge is 2.21. The molecule has 1 amide bonds. The molecule has 168 valence electrons. The maximum Gasteiger partial charge on any atom is 0.265 e. The SMILES string of the molecule is CC[C@@H](Oc1ccccc1OC)C(=O)Nc1ccc(S(=O)(=O)Nc2ccc(Cl)cc2)cc1. The molecule has 3 aromatic rings. The van der Waals surface area contributed by atoms with Gasteiger partial charge in [0.05, 0.1) is 12.0 Å². The lowest BCUT2D eigenvalue weighted by Crippen LogP contribution is -2.32. The minimum absolute atomic E-state index is 0.0581.